The minimum Gasteiger partial charge on any atom is -0.451 e. The van der Waals surface area contributed by atoms with Gasteiger partial charge in [-0.25, -0.2) is 4.39 Å². The summed E-state index contributed by atoms with van der Waals surface area (Å²) in [5.41, 5.74) is 0.458. The highest BCUT2D eigenvalue weighted by Crippen LogP contribution is 2.39. The number of benzene rings is 3. The van der Waals surface area contributed by atoms with Crippen LogP contribution in [0.4, 0.5) is 30.7 Å². The summed E-state index contributed by atoms with van der Waals surface area (Å²) in [4.78, 5) is 29.4. The first-order chi connectivity index (χ1) is 19.8. The van der Waals surface area contributed by atoms with Crippen LogP contribution in [0.1, 0.15) is 45.8 Å². The summed E-state index contributed by atoms with van der Waals surface area (Å²) in [5, 5.41) is 3.19. The topological polar surface area (TPSA) is 71.2 Å². The zero-order valence-electron chi connectivity index (χ0n) is 21.7. The average Bonchev–Trinajstić information content (AvgIpc) is 3.26. The first kappa shape index (κ1) is 29.2. The molecule has 2 atom stereocenters. The third kappa shape index (κ3) is 6.12. The molecular weight excluding hydrogens is 569 g/mol. The fraction of sp³-hybridized carbons (Fsp3) is 0.267. The average molecular weight is 593 g/mol. The quantitative estimate of drug-likeness (QED) is 0.200. The number of carbonyl (C=O) groups is 2. The number of halogens is 7. The Morgan fingerprint density at radius 3 is 2.12 bits per heavy atom. The van der Waals surface area contributed by atoms with Crippen LogP contribution >= 0.6 is 0 Å². The van der Waals surface area contributed by atoms with Crippen LogP contribution in [0.15, 0.2) is 66.7 Å². The minimum absolute atomic E-state index is 0.0210. The van der Waals surface area contributed by atoms with Crippen molar-refractivity contribution in [1.82, 2.24) is 10.3 Å². The molecular formula is C30H23F7N2O3. The van der Waals surface area contributed by atoms with Crippen molar-refractivity contribution >= 4 is 22.8 Å². The molecule has 220 valence electrons. The molecule has 0 radical (unpaired) electrons. The largest absolute Gasteiger partial charge is 0.451 e. The van der Waals surface area contributed by atoms with Gasteiger partial charge in [0.2, 0.25) is 0 Å². The van der Waals surface area contributed by atoms with Crippen molar-refractivity contribution in [2.45, 2.75) is 43.6 Å². The van der Waals surface area contributed by atoms with E-state index >= 15 is 0 Å². The lowest BCUT2D eigenvalue weighted by Crippen LogP contribution is -2.44. The van der Waals surface area contributed by atoms with Crippen LogP contribution in [0.25, 0.3) is 10.9 Å². The van der Waals surface area contributed by atoms with E-state index in [0.29, 0.717) is 27.7 Å². The Kier molecular flexibility index (Phi) is 7.74. The molecule has 2 heterocycles. The highest BCUT2D eigenvalue weighted by Gasteiger charge is 2.39. The Bertz CT molecular complexity index is 1610. The van der Waals surface area contributed by atoms with Gasteiger partial charge in [-0.1, -0.05) is 24.3 Å². The van der Waals surface area contributed by atoms with Crippen LogP contribution in [0, 0.1) is 5.82 Å². The maximum Gasteiger partial charge on any atom is 0.416 e. The molecule has 0 saturated heterocycles. The van der Waals surface area contributed by atoms with E-state index in [4.69, 9.17) is 4.74 Å². The number of ether oxygens (including phenoxy) is 1. The molecule has 5 rings (SSSR count). The smallest absolute Gasteiger partial charge is 0.416 e. The second-order valence-electron chi connectivity index (χ2n) is 9.95. The van der Waals surface area contributed by atoms with Gasteiger partial charge < -0.3 is 15.0 Å². The standard InChI is InChI=1S/C30H23F7N2O3/c31-20-10-11-23-22(15-20)21-13-14-38-28(41)27(25(26(21)39-23)17-4-8-19(9-5-17)30(35,36)37)42-24(40)12-3-16-1-6-18(7-2-16)29(32,33)34/h1-2,4-11,15,25,27,39H,3,12-14H2,(H,38,41)/t25-,27+/m1/s1. The molecule has 1 aliphatic heterocycles. The Hall–Kier alpha value is -4.35. The van der Waals surface area contributed by atoms with Gasteiger partial charge in [-0.3, -0.25) is 9.59 Å². The molecule has 42 heavy (non-hydrogen) atoms. The van der Waals surface area contributed by atoms with Crippen molar-refractivity contribution in [3.8, 4) is 0 Å². The van der Waals surface area contributed by atoms with Crippen LogP contribution in [0.2, 0.25) is 0 Å². The molecule has 5 nitrogen and oxygen atoms in total. The maximum atomic E-state index is 14.1. The van der Waals surface area contributed by atoms with Crippen LogP contribution in [0.3, 0.4) is 0 Å². The molecule has 0 saturated carbocycles. The maximum absolute atomic E-state index is 14.1. The number of carbonyl (C=O) groups excluding carboxylic acids is 2. The van der Waals surface area contributed by atoms with E-state index < -0.39 is 53.2 Å². The van der Waals surface area contributed by atoms with E-state index in [2.05, 4.69) is 10.3 Å². The monoisotopic (exact) mass is 592 g/mol. The lowest BCUT2D eigenvalue weighted by Gasteiger charge is -2.29. The van der Waals surface area contributed by atoms with E-state index in [1.165, 1.54) is 42.5 Å². The first-order valence-electron chi connectivity index (χ1n) is 12.9. The number of hydrogen-bond donors (Lipinski definition) is 2. The van der Waals surface area contributed by atoms with Gasteiger partial charge in [0.25, 0.3) is 5.91 Å². The Morgan fingerprint density at radius 1 is 0.881 bits per heavy atom. The summed E-state index contributed by atoms with van der Waals surface area (Å²) in [6.45, 7) is 0.120. The lowest BCUT2D eigenvalue weighted by molar-refractivity contribution is -0.157. The predicted molar refractivity (Wildman–Crippen MR) is 138 cm³/mol. The predicted octanol–water partition coefficient (Wildman–Crippen LogP) is 6.69. The lowest BCUT2D eigenvalue weighted by atomic mass is 9.85. The second-order valence-corrected chi connectivity index (χ2v) is 9.95. The molecule has 0 aliphatic carbocycles. The number of alkyl halides is 6. The van der Waals surface area contributed by atoms with Crippen molar-refractivity contribution in [3.63, 3.8) is 0 Å². The molecule has 0 fully saturated rings. The molecule has 4 aromatic rings. The fourth-order valence-corrected chi connectivity index (χ4v) is 5.14. The summed E-state index contributed by atoms with van der Waals surface area (Å²) in [5.74, 6) is -3.10. The van der Waals surface area contributed by atoms with Crippen molar-refractivity contribution in [3.05, 3.63) is 106 Å². The van der Waals surface area contributed by atoms with Gasteiger partial charge in [0.15, 0.2) is 6.10 Å². The van der Waals surface area contributed by atoms with Crippen molar-refractivity contribution < 1.29 is 45.1 Å². The molecule has 1 aliphatic rings. The number of rotatable bonds is 5. The van der Waals surface area contributed by atoms with Crippen LogP contribution in [0.5, 0.6) is 0 Å². The first-order valence-corrected chi connectivity index (χ1v) is 12.9. The van der Waals surface area contributed by atoms with Crippen molar-refractivity contribution in [2.75, 3.05) is 6.54 Å². The van der Waals surface area contributed by atoms with Crippen molar-refractivity contribution in [1.29, 1.82) is 0 Å². The Balaban J connectivity index is 1.48. The van der Waals surface area contributed by atoms with Crippen LogP contribution in [-0.4, -0.2) is 29.5 Å². The second kappa shape index (κ2) is 11.1. The number of hydrogen-bond acceptors (Lipinski definition) is 3. The summed E-state index contributed by atoms with van der Waals surface area (Å²) in [6.07, 6.45) is -10.6. The molecule has 1 amide bonds. The number of esters is 1. The normalized spacial score (nSPS) is 17.7. The van der Waals surface area contributed by atoms with E-state index in [1.807, 2.05) is 0 Å². The number of aromatic amines is 1. The minimum atomic E-state index is -4.61. The van der Waals surface area contributed by atoms with Crippen molar-refractivity contribution in [2.24, 2.45) is 0 Å². The highest BCUT2D eigenvalue weighted by atomic mass is 19.4. The van der Waals surface area contributed by atoms with Gasteiger partial charge >= 0.3 is 18.3 Å². The van der Waals surface area contributed by atoms with Gasteiger partial charge in [-0.05, 0) is 72.0 Å². The number of aryl methyl sites for hydroxylation is 1. The van der Waals surface area contributed by atoms with Gasteiger partial charge in [0.1, 0.15) is 5.82 Å². The number of amides is 1. The SMILES string of the molecule is O=C(CCc1ccc(C(F)(F)F)cc1)O[C@@H]1C(=O)NCCc2c([nH]c3ccc(F)cc23)[C@H]1c1ccc(C(F)(F)F)cc1. The zero-order valence-corrected chi connectivity index (χ0v) is 21.7. The van der Waals surface area contributed by atoms with E-state index in [1.54, 1.807) is 0 Å². The Morgan fingerprint density at radius 2 is 1.50 bits per heavy atom. The van der Waals surface area contributed by atoms with Crippen LogP contribution in [-0.2, 0) is 39.5 Å². The summed E-state index contributed by atoms with van der Waals surface area (Å²) < 4.78 is 98.2. The van der Waals surface area contributed by atoms with E-state index in [-0.39, 0.29) is 31.4 Å². The zero-order chi connectivity index (χ0) is 30.2. The molecule has 12 heteroatoms. The van der Waals surface area contributed by atoms with Crippen LogP contribution < -0.4 is 5.32 Å². The molecule has 0 bridgehead atoms. The number of H-pyrrole nitrogens is 1. The summed E-state index contributed by atoms with van der Waals surface area (Å²) >= 11 is 0. The van der Waals surface area contributed by atoms with Gasteiger partial charge in [0.05, 0.1) is 17.0 Å². The fourth-order valence-electron chi connectivity index (χ4n) is 5.14. The molecule has 0 spiro atoms. The van der Waals surface area contributed by atoms with E-state index in [9.17, 15) is 40.3 Å². The van der Waals surface area contributed by atoms with Gasteiger partial charge in [-0.2, -0.15) is 26.3 Å². The van der Waals surface area contributed by atoms with Gasteiger partial charge in [-0.15, -0.1) is 0 Å². The third-order valence-electron chi connectivity index (χ3n) is 7.20. The highest BCUT2D eigenvalue weighted by molar-refractivity contribution is 5.89. The summed E-state index contributed by atoms with van der Waals surface area (Å²) in [7, 11) is 0. The molecule has 3 aromatic carbocycles. The van der Waals surface area contributed by atoms with Gasteiger partial charge in [0, 0.05) is 29.6 Å². The third-order valence-corrected chi connectivity index (χ3v) is 7.20. The molecule has 0 unspecified atom stereocenters. The number of nitrogens with one attached hydrogen (secondary N) is 2. The van der Waals surface area contributed by atoms with E-state index in [0.717, 1.165) is 24.3 Å². The number of fused-ring (bicyclic) bond motifs is 3. The number of aromatic nitrogens is 1. The summed E-state index contributed by atoms with van der Waals surface area (Å²) in [6, 6.07) is 12.4. The Labute approximate surface area is 234 Å². The molecule has 2 N–H and O–H groups in total. The molecule has 1 aromatic heterocycles.